The van der Waals surface area contributed by atoms with E-state index >= 15 is 0 Å². The van der Waals surface area contributed by atoms with Crippen LogP contribution >= 0.6 is 0 Å². The normalized spacial score (nSPS) is 28.2. The molecule has 0 atom stereocenters. The average molecular weight is 122 g/mol. The zero-order valence-electron chi connectivity index (χ0n) is 5.81. The van der Waals surface area contributed by atoms with Crippen LogP contribution in [0.25, 0.3) is 0 Å². The van der Waals surface area contributed by atoms with Gasteiger partial charge in [0.2, 0.25) is 0 Å². The lowest BCUT2D eigenvalue weighted by Gasteiger charge is -2.40. The second-order valence-electron chi connectivity index (χ2n) is 3.03. The van der Waals surface area contributed by atoms with E-state index in [9.17, 15) is 0 Å². The second kappa shape index (κ2) is 1.25. The van der Waals surface area contributed by atoms with Gasteiger partial charge < -0.3 is 0 Å². The van der Waals surface area contributed by atoms with Gasteiger partial charge in [0.1, 0.15) is 0 Å². The minimum absolute atomic E-state index is 0.0637. The van der Waals surface area contributed by atoms with Gasteiger partial charge in [-0.1, -0.05) is 0 Å². The molecule has 2 aliphatic heterocycles. The van der Waals surface area contributed by atoms with Crippen molar-refractivity contribution in [2.45, 2.75) is 32.4 Å². The zero-order chi connectivity index (χ0) is 6.48. The minimum Gasteiger partial charge on any atom is -0.264 e. The van der Waals surface area contributed by atoms with Crippen molar-refractivity contribution < 1.29 is 0 Å². The first-order valence-electron chi connectivity index (χ1n) is 3.31. The van der Waals surface area contributed by atoms with Crippen LogP contribution in [-0.4, -0.2) is 17.1 Å². The van der Waals surface area contributed by atoms with Crippen molar-refractivity contribution >= 4 is 11.4 Å². The van der Waals surface area contributed by atoms with Crippen LogP contribution in [0.2, 0.25) is 0 Å². The van der Waals surface area contributed by atoms with E-state index < -0.39 is 0 Å². The van der Waals surface area contributed by atoms with E-state index in [1.54, 1.807) is 0 Å². The number of rotatable bonds is 0. The summed E-state index contributed by atoms with van der Waals surface area (Å²) in [6.07, 6.45) is 2.20. The molecule has 0 unspecified atom stereocenters. The maximum Gasteiger partial charge on any atom is 0.160 e. The molecule has 48 valence electrons. The Balaban J connectivity index is 2.20. The first kappa shape index (κ1) is 5.15. The molecule has 0 aromatic carbocycles. The number of aliphatic imine (C=N–C) groups is 2. The predicted molar refractivity (Wildman–Crippen MR) is 38.2 cm³/mol. The summed E-state index contributed by atoms with van der Waals surface area (Å²) < 4.78 is 0. The molecule has 0 radical (unpaired) electrons. The number of hydrogen-bond donors (Lipinski definition) is 0. The van der Waals surface area contributed by atoms with E-state index in [2.05, 4.69) is 23.8 Å². The highest BCUT2D eigenvalue weighted by Crippen LogP contribution is 2.38. The summed E-state index contributed by atoms with van der Waals surface area (Å²) in [7, 11) is 0. The van der Waals surface area contributed by atoms with E-state index in [-0.39, 0.29) is 5.66 Å². The molecule has 0 aromatic rings. The summed E-state index contributed by atoms with van der Waals surface area (Å²) in [6.45, 7) is 4.13. The molecule has 0 bridgehead atoms. The average Bonchev–Trinajstić information content (AvgIpc) is 1.58. The Bertz CT molecular complexity index is 189. The van der Waals surface area contributed by atoms with E-state index in [4.69, 9.17) is 0 Å². The van der Waals surface area contributed by atoms with Crippen molar-refractivity contribution in [3.63, 3.8) is 0 Å². The van der Waals surface area contributed by atoms with E-state index in [0.29, 0.717) is 0 Å². The van der Waals surface area contributed by atoms with Crippen molar-refractivity contribution in [3.05, 3.63) is 0 Å². The van der Waals surface area contributed by atoms with Crippen LogP contribution in [0.1, 0.15) is 26.7 Å². The fourth-order valence-corrected chi connectivity index (χ4v) is 1.67. The van der Waals surface area contributed by atoms with Gasteiger partial charge in [-0.2, -0.15) is 0 Å². The van der Waals surface area contributed by atoms with Gasteiger partial charge in [-0.05, 0) is 13.8 Å². The smallest absolute Gasteiger partial charge is 0.160 e. The molecule has 0 aliphatic carbocycles. The standard InChI is InChI=1S/C7H10N2/c1-5-3-7(8-5)4-6(2)9-7/h3-4H2,1-2H3. The zero-order valence-corrected chi connectivity index (χ0v) is 5.81. The Morgan fingerprint density at radius 1 is 1.11 bits per heavy atom. The fraction of sp³-hybridized carbons (Fsp3) is 0.714. The Morgan fingerprint density at radius 2 is 1.44 bits per heavy atom. The van der Waals surface area contributed by atoms with Crippen molar-refractivity contribution in [2.24, 2.45) is 9.98 Å². The molecular formula is C7H10N2. The molecular weight excluding hydrogens is 112 g/mol. The Kier molecular flexibility index (Phi) is 0.718. The van der Waals surface area contributed by atoms with Gasteiger partial charge in [-0.15, -0.1) is 0 Å². The summed E-state index contributed by atoms with van der Waals surface area (Å²) >= 11 is 0. The van der Waals surface area contributed by atoms with Crippen molar-refractivity contribution in [1.82, 2.24) is 0 Å². The molecule has 0 saturated heterocycles. The molecule has 0 aromatic heterocycles. The topological polar surface area (TPSA) is 24.7 Å². The number of hydrogen-bond acceptors (Lipinski definition) is 2. The third kappa shape index (κ3) is 0.560. The Morgan fingerprint density at radius 3 is 1.67 bits per heavy atom. The van der Waals surface area contributed by atoms with Crippen LogP contribution in [0.4, 0.5) is 0 Å². The van der Waals surface area contributed by atoms with Crippen LogP contribution in [0, 0.1) is 0 Å². The lowest BCUT2D eigenvalue weighted by atomic mass is 9.86. The molecule has 2 rings (SSSR count). The van der Waals surface area contributed by atoms with Gasteiger partial charge in [0.15, 0.2) is 5.66 Å². The summed E-state index contributed by atoms with van der Waals surface area (Å²) in [4.78, 5) is 8.68. The van der Waals surface area contributed by atoms with Crippen LogP contribution < -0.4 is 0 Å². The quantitative estimate of drug-likeness (QED) is 0.464. The van der Waals surface area contributed by atoms with Gasteiger partial charge in [0.05, 0.1) is 0 Å². The van der Waals surface area contributed by atoms with Gasteiger partial charge in [0.25, 0.3) is 0 Å². The first-order valence-corrected chi connectivity index (χ1v) is 3.31. The third-order valence-electron chi connectivity index (χ3n) is 1.88. The molecule has 0 saturated carbocycles. The first-order chi connectivity index (χ1) is 4.20. The molecule has 0 fully saturated rings. The van der Waals surface area contributed by atoms with E-state index in [1.165, 1.54) is 11.4 Å². The van der Waals surface area contributed by atoms with Crippen molar-refractivity contribution in [1.29, 1.82) is 0 Å². The highest BCUT2D eigenvalue weighted by Gasteiger charge is 2.42. The van der Waals surface area contributed by atoms with Crippen LogP contribution in [0.15, 0.2) is 9.98 Å². The maximum atomic E-state index is 4.34. The predicted octanol–water partition coefficient (Wildman–Crippen LogP) is 1.41. The summed E-state index contributed by atoms with van der Waals surface area (Å²) in [6, 6.07) is 0. The molecule has 2 heteroatoms. The summed E-state index contributed by atoms with van der Waals surface area (Å²) in [5.74, 6) is 0. The summed E-state index contributed by atoms with van der Waals surface area (Å²) in [5, 5.41) is 0. The molecule has 9 heavy (non-hydrogen) atoms. The third-order valence-corrected chi connectivity index (χ3v) is 1.88. The van der Waals surface area contributed by atoms with Crippen LogP contribution in [0.5, 0.6) is 0 Å². The lowest BCUT2D eigenvalue weighted by Crippen LogP contribution is -2.45. The maximum absolute atomic E-state index is 4.34. The van der Waals surface area contributed by atoms with Gasteiger partial charge in [-0.3, -0.25) is 9.98 Å². The van der Waals surface area contributed by atoms with Crippen LogP contribution in [0.3, 0.4) is 0 Å². The SMILES string of the molecule is CC1=NC2(C1)CC(C)=N2. The van der Waals surface area contributed by atoms with Crippen molar-refractivity contribution in [2.75, 3.05) is 0 Å². The summed E-state index contributed by atoms with van der Waals surface area (Å²) in [5.41, 5.74) is 2.58. The Labute approximate surface area is 54.7 Å². The molecule has 0 amide bonds. The highest BCUT2D eigenvalue weighted by atomic mass is 15.2. The van der Waals surface area contributed by atoms with Gasteiger partial charge in [-0.25, -0.2) is 0 Å². The molecule has 2 heterocycles. The van der Waals surface area contributed by atoms with Gasteiger partial charge >= 0.3 is 0 Å². The lowest BCUT2D eigenvalue weighted by molar-refractivity contribution is 0.400. The Hall–Kier alpha value is -0.660. The molecule has 2 aliphatic rings. The fourth-order valence-electron chi connectivity index (χ4n) is 1.67. The van der Waals surface area contributed by atoms with Crippen LogP contribution in [-0.2, 0) is 0 Å². The second-order valence-corrected chi connectivity index (χ2v) is 3.03. The van der Waals surface area contributed by atoms with E-state index in [1.807, 2.05) is 0 Å². The largest absolute Gasteiger partial charge is 0.264 e. The molecule has 0 N–H and O–H groups in total. The highest BCUT2D eigenvalue weighted by molar-refractivity contribution is 5.96. The van der Waals surface area contributed by atoms with E-state index in [0.717, 1.165) is 12.8 Å². The van der Waals surface area contributed by atoms with Gasteiger partial charge in [0, 0.05) is 24.3 Å². The molecule has 2 nitrogen and oxygen atoms in total. The monoisotopic (exact) mass is 122 g/mol. The number of nitrogens with zero attached hydrogens (tertiary/aromatic N) is 2. The van der Waals surface area contributed by atoms with Crippen molar-refractivity contribution in [3.8, 4) is 0 Å². The minimum atomic E-state index is 0.0637. The molecule has 1 spiro atoms.